The number of nitrogens with one attached hydrogen (secondary N) is 1. The monoisotopic (exact) mass is 346 g/mol. The lowest BCUT2D eigenvalue weighted by molar-refractivity contribution is -0.274. The normalized spacial score (nSPS) is 10.9. The maximum atomic E-state index is 12.0. The second-order valence-electron chi connectivity index (χ2n) is 5.07. The van der Waals surface area contributed by atoms with E-state index in [1.807, 2.05) is 0 Å². The van der Waals surface area contributed by atoms with Crippen LogP contribution in [0.2, 0.25) is 0 Å². The number of benzene rings is 1. The predicted octanol–water partition coefficient (Wildman–Crippen LogP) is 2.35. The lowest BCUT2D eigenvalue weighted by Gasteiger charge is -2.16. The summed E-state index contributed by atoms with van der Waals surface area (Å²) >= 11 is 0. The van der Waals surface area contributed by atoms with E-state index in [-0.39, 0.29) is 36.8 Å². The van der Waals surface area contributed by atoms with Crippen LogP contribution in [-0.2, 0) is 14.4 Å². The van der Waals surface area contributed by atoms with Gasteiger partial charge in [0, 0.05) is 25.6 Å². The van der Waals surface area contributed by atoms with Crippen molar-refractivity contribution in [2.75, 3.05) is 18.9 Å². The molecule has 1 N–H and O–H groups in total. The Bertz CT molecular complexity index is 600. The van der Waals surface area contributed by atoms with Gasteiger partial charge in [0.05, 0.1) is 6.54 Å². The number of Topliss-reactive ketones (excluding diaryl/α,β-unsaturated/α-hetero) is 1. The van der Waals surface area contributed by atoms with Crippen molar-refractivity contribution < 1.29 is 32.3 Å². The van der Waals surface area contributed by atoms with Crippen LogP contribution in [0.1, 0.15) is 19.8 Å². The minimum atomic E-state index is -4.78. The molecule has 0 spiro atoms. The van der Waals surface area contributed by atoms with Crippen LogP contribution in [0.3, 0.4) is 0 Å². The van der Waals surface area contributed by atoms with Gasteiger partial charge in [0.1, 0.15) is 11.5 Å². The minimum absolute atomic E-state index is 0.0165. The van der Waals surface area contributed by atoms with Crippen LogP contribution in [0, 0.1) is 0 Å². The lowest BCUT2D eigenvalue weighted by Crippen LogP contribution is -2.35. The summed E-state index contributed by atoms with van der Waals surface area (Å²) in [5.41, 5.74) is 0.263. The first kappa shape index (κ1) is 19.5. The number of anilines is 1. The third kappa shape index (κ3) is 7.61. The fourth-order valence-electron chi connectivity index (χ4n) is 1.72. The number of hydrogen-bond donors (Lipinski definition) is 1. The summed E-state index contributed by atoms with van der Waals surface area (Å²) in [6, 6.07) is 4.61. The van der Waals surface area contributed by atoms with Crippen molar-refractivity contribution in [1.82, 2.24) is 4.90 Å². The summed E-state index contributed by atoms with van der Waals surface area (Å²) < 4.78 is 39.8. The molecule has 2 amide bonds. The van der Waals surface area contributed by atoms with Gasteiger partial charge < -0.3 is 19.7 Å². The predicted molar refractivity (Wildman–Crippen MR) is 79.3 cm³/mol. The van der Waals surface area contributed by atoms with Crippen molar-refractivity contribution in [2.24, 2.45) is 0 Å². The second-order valence-corrected chi connectivity index (χ2v) is 5.07. The van der Waals surface area contributed by atoms with E-state index in [4.69, 9.17) is 0 Å². The molecule has 0 aliphatic carbocycles. The number of hydrogen-bond acceptors (Lipinski definition) is 4. The zero-order valence-corrected chi connectivity index (χ0v) is 13.1. The van der Waals surface area contributed by atoms with Crippen LogP contribution in [0.5, 0.6) is 5.75 Å². The number of ether oxygens (including phenoxy) is 1. The fourth-order valence-corrected chi connectivity index (χ4v) is 1.72. The van der Waals surface area contributed by atoms with Crippen LogP contribution in [-0.4, -0.2) is 42.5 Å². The second kappa shape index (κ2) is 8.32. The standard InChI is InChI=1S/C15H17F3N2O4/c1-10(21)3-8-14(23)20(2)9-13(22)19-11-4-6-12(7-5-11)24-15(16,17)18/h4-7H,3,8-9H2,1-2H3,(H,19,22). The Hall–Kier alpha value is -2.58. The van der Waals surface area contributed by atoms with E-state index < -0.39 is 18.0 Å². The zero-order valence-electron chi connectivity index (χ0n) is 13.1. The molecule has 0 aromatic heterocycles. The SMILES string of the molecule is CC(=O)CCC(=O)N(C)CC(=O)Nc1ccc(OC(F)(F)F)cc1. The van der Waals surface area contributed by atoms with Gasteiger partial charge in [-0.2, -0.15) is 0 Å². The minimum Gasteiger partial charge on any atom is -0.406 e. The van der Waals surface area contributed by atoms with Crippen LogP contribution in [0.15, 0.2) is 24.3 Å². The first-order valence-electron chi connectivity index (χ1n) is 6.96. The molecule has 0 aliphatic heterocycles. The molecule has 0 fully saturated rings. The van der Waals surface area contributed by atoms with E-state index in [2.05, 4.69) is 10.1 Å². The van der Waals surface area contributed by atoms with Crippen LogP contribution in [0.4, 0.5) is 18.9 Å². The number of alkyl halides is 3. The molecule has 1 aromatic rings. The topological polar surface area (TPSA) is 75.7 Å². The van der Waals surface area contributed by atoms with Gasteiger partial charge in [-0.05, 0) is 31.2 Å². The average molecular weight is 346 g/mol. The number of ketones is 1. The van der Waals surface area contributed by atoms with Crippen LogP contribution >= 0.6 is 0 Å². The Morgan fingerprint density at radius 3 is 2.21 bits per heavy atom. The quantitative estimate of drug-likeness (QED) is 0.822. The highest BCUT2D eigenvalue weighted by Crippen LogP contribution is 2.23. The molecule has 0 saturated heterocycles. The molecule has 0 atom stereocenters. The Kier molecular flexibility index (Phi) is 6.75. The lowest BCUT2D eigenvalue weighted by atomic mass is 10.2. The highest BCUT2D eigenvalue weighted by atomic mass is 19.4. The molecule has 0 saturated carbocycles. The molecule has 0 radical (unpaired) electrons. The smallest absolute Gasteiger partial charge is 0.406 e. The van der Waals surface area contributed by atoms with Gasteiger partial charge in [0.15, 0.2) is 0 Å². The molecule has 24 heavy (non-hydrogen) atoms. The Morgan fingerprint density at radius 1 is 1.12 bits per heavy atom. The maximum absolute atomic E-state index is 12.0. The summed E-state index contributed by atoms with van der Waals surface area (Å²) in [6.45, 7) is 1.13. The van der Waals surface area contributed by atoms with Gasteiger partial charge in [0.25, 0.3) is 0 Å². The number of carbonyl (C=O) groups is 3. The van der Waals surface area contributed by atoms with Crippen LogP contribution in [0.25, 0.3) is 0 Å². The molecule has 132 valence electrons. The highest BCUT2D eigenvalue weighted by molar-refractivity contribution is 5.94. The van der Waals surface area contributed by atoms with Crippen molar-refractivity contribution in [1.29, 1.82) is 0 Å². The molecule has 0 unspecified atom stereocenters. The molecular weight excluding hydrogens is 329 g/mol. The van der Waals surface area contributed by atoms with Gasteiger partial charge in [-0.15, -0.1) is 13.2 Å². The molecule has 0 bridgehead atoms. The molecular formula is C15H17F3N2O4. The molecule has 0 heterocycles. The molecule has 9 heteroatoms. The van der Waals surface area contributed by atoms with E-state index in [1.54, 1.807) is 0 Å². The zero-order chi connectivity index (χ0) is 18.3. The number of nitrogens with zero attached hydrogens (tertiary/aromatic N) is 1. The van der Waals surface area contributed by atoms with Gasteiger partial charge in [-0.1, -0.05) is 0 Å². The van der Waals surface area contributed by atoms with E-state index in [1.165, 1.54) is 31.0 Å². The van der Waals surface area contributed by atoms with Gasteiger partial charge in [-0.25, -0.2) is 0 Å². The largest absolute Gasteiger partial charge is 0.573 e. The van der Waals surface area contributed by atoms with Crippen molar-refractivity contribution in [3.8, 4) is 5.75 Å². The highest BCUT2D eigenvalue weighted by Gasteiger charge is 2.30. The summed E-state index contributed by atoms with van der Waals surface area (Å²) in [6.07, 6.45) is -4.66. The Balaban J connectivity index is 2.50. The van der Waals surface area contributed by atoms with Gasteiger partial charge in [-0.3, -0.25) is 9.59 Å². The van der Waals surface area contributed by atoms with Gasteiger partial charge in [0.2, 0.25) is 11.8 Å². The Morgan fingerprint density at radius 2 is 1.71 bits per heavy atom. The summed E-state index contributed by atoms with van der Waals surface area (Å²) in [5.74, 6) is -1.40. The first-order valence-corrected chi connectivity index (χ1v) is 6.96. The van der Waals surface area contributed by atoms with Gasteiger partial charge >= 0.3 is 6.36 Å². The molecule has 1 aromatic carbocycles. The van der Waals surface area contributed by atoms with E-state index in [0.29, 0.717) is 0 Å². The molecule has 6 nitrogen and oxygen atoms in total. The van der Waals surface area contributed by atoms with Crippen molar-refractivity contribution in [3.05, 3.63) is 24.3 Å². The number of rotatable bonds is 7. The van der Waals surface area contributed by atoms with E-state index in [0.717, 1.165) is 12.1 Å². The number of amides is 2. The summed E-state index contributed by atoms with van der Waals surface area (Å²) in [4.78, 5) is 35.5. The fraction of sp³-hybridized carbons (Fsp3) is 0.400. The van der Waals surface area contributed by atoms with Crippen molar-refractivity contribution in [2.45, 2.75) is 26.1 Å². The number of likely N-dealkylation sites (N-methyl/N-ethyl adjacent to an activating group) is 1. The van der Waals surface area contributed by atoms with E-state index >= 15 is 0 Å². The molecule has 0 aliphatic rings. The number of halogens is 3. The third-order valence-electron chi connectivity index (χ3n) is 2.87. The maximum Gasteiger partial charge on any atom is 0.573 e. The van der Waals surface area contributed by atoms with E-state index in [9.17, 15) is 27.6 Å². The molecule has 1 rings (SSSR count). The number of carbonyl (C=O) groups excluding carboxylic acids is 3. The summed E-state index contributed by atoms with van der Waals surface area (Å²) in [7, 11) is 1.42. The Labute approximate surface area is 136 Å². The first-order chi connectivity index (χ1) is 11.1. The van der Waals surface area contributed by atoms with Crippen molar-refractivity contribution in [3.63, 3.8) is 0 Å². The van der Waals surface area contributed by atoms with Crippen molar-refractivity contribution >= 4 is 23.3 Å². The summed E-state index contributed by atoms with van der Waals surface area (Å²) in [5, 5.41) is 2.45. The third-order valence-corrected chi connectivity index (χ3v) is 2.87. The van der Waals surface area contributed by atoms with Crippen LogP contribution < -0.4 is 10.1 Å². The average Bonchev–Trinajstić information content (AvgIpc) is 2.45.